The summed E-state index contributed by atoms with van der Waals surface area (Å²) >= 11 is 3.27. The lowest BCUT2D eigenvalue weighted by atomic mass is 10.0. The molecule has 0 spiro atoms. The molecule has 1 fully saturated rings. The summed E-state index contributed by atoms with van der Waals surface area (Å²) in [5.41, 5.74) is 0.956. The van der Waals surface area contributed by atoms with Gasteiger partial charge in [0.25, 0.3) is 0 Å². The van der Waals surface area contributed by atoms with Gasteiger partial charge in [0.1, 0.15) is 0 Å². The van der Waals surface area contributed by atoms with Gasteiger partial charge < -0.3 is 5.11 Å². The van der Waals surface area contributed by atoms with Gasteiger partial charge in [-0.2, -0.15) is 4.31 Å². The van der Waals surface area contributed by atoms with E-state index in [1.54, 1.807) is 18.2 Å². The maximum Gasteiger partial charge on any atom is 0.307 e. The highest BCUT2D eigenvalue weighted by Crippen LogP contribution is 2.29. The Kier molecular flexibility index (Phi) is 4.51. The van der Waals surface area contributed by atoms with Crippen molar-refractivity contribution in [3.05, 3.63) is 28.2 Å². The zero-order valence-electron chi connectivity index (χ0n) is 11.0. The van der Waals surface area contributed by atoms with Gasteiger partial charge in [0.15, 0.2) is 0 Å². The largest absolute Gasteiger partial charge is 0.481 e. The molecule has 20 heavy (non-hydrogen) atoms. The third-order valence-electron chi connectivity index (χ3n) is 3.44. The van der Waals surface area contributed by atoms with Crippen LogP contribution >= 0.6 is 15.9 Å². The fraction of sp³-hybridized carbons (Fsp3) is 0.462. The first kappa shape index (κ1) is 15.5. The molecule has 1 aliphatic heterocycles. The fourth-order valence-corrected chi connectivity index (χ4v) is 4.99. The third kappa shape index (κ3) is 3.05. The number of rotatable bonds is 3. The molecule has 1 aromatic rings. The van der Waals surface area contributed by atoms with Gasteiger partial charge >= 0.3 is 5.97 Å². The van der Waals surface area contributed by atoms with E-state index in [0.29, 0.717) is 23.9 Å². The van der Waals surface area contributed by atoms with Crippen molar-refractivity contribution in [1.29, 1.82) is 0 Å². The number of hydrogen-bond donors (Lipinski definition) is 1. The van der Waals surface area contributed by atoms with Crippen LogP contribution in [0, 0.1) is 12.8 Å². The zero-order valence-corrected chi connectivity index (χ0v) is 13.4. The molecule has 1 aliphatic rings. The van der Waals surface area contributed by atoms with Gasteiger partial charge in [-0.3, -0.25) is 4.79 Å². The van der Waals surface area contributed by atoms with Gasteiger partial charge in [0.2, 0.25) is 10.0 Å². The van der Waals surface area contributed by atoms with Gasteiger partial charge in [0, 0.05) is 17.6 Å². The summed E-state index contributed by atoms with van der Waals surface area (Å²) in [6.45, 7) is 2.28. The van der Waals surface area contributed by atoms with Gasteiger partial charge in [0.05, 0.1) is 10.8 Å². The number of carboxylic acids is 1. The lowest BCUT2D eigenvalue weighted by Crippen LogP contribution is -2.42. The number of carboxylic acid groups (broad SMARTS) is 1. The normalized spacial score (nSPS) is 20.8. The Bertz CT molecular complexity index is 629. The van der Waals surface area contributed by atoms with Crippen molar-refractivity contribution in [2.45, 2.75) is 24.7 Å². The van der Waals surface area contributed by atoms with Crippen molar-refractivity contribution in [1.82, 2.24) is 4.31 Å². The highest BCUT2D eigenvalue weighted by molar-refractivity contribution is 9.10. The Morgan fingerprint density at radius 3 is 2.75 bits per heavy atom. The summed E-state index contributed by atoms with van der Waals surface area (Å²) in [5, 5.41) is 9.05. The van der Waals surface area contributed by atoms with Crippen molar-refractivity contribution in [2.24, 2.45) is 5.92 Å². The molecule has 0 bridgehead atoms. The van der Waals surface area contributed by atoms with Crippen LogP contribution in [0.4, 0.5) is 0 Å². The second-order valence-corrected chi connectivity index (χ2v) is 7.74. The standard InChI is InChI=1S/C13H16BrNO4S/c1-9-4-5-12(11(14)7-9)20(18,19)15-6-2-3-10(8-15)13(16)17/h4-5,7,10H,2-3,6,8H2,1H3,(H,16,17). The van der Waals surface area contributed by atoms with Gasteiger partial charge in [-0.1, -0.05) is 6.07 Å². The van der Waals surface area contributed by atoms with Crippen LogP contribution in [-0.4, -0.2) is 36.9 Å². The molecule has 1 N–H and O–H groups in total. The Hall–Kier alpha value is -0.920. The Balaban J connectivity index is 2.32. The van der Waals surface area contributed by atoms with E-state index < -0.39 is 21.9 Å². The van der Waals surface area contributed by atoms with Crippen molar-refractivity contribution in [3.63, 3.8) is 0 Å². The van der Waals surface area contributed by atoms with Crippen LogP contribution in [0.25, 0.3) is 0 Å². The number of carbonyl (C=O) groups is 1. The van der Waals surface area contributed by atoms with Crippen LogP contribution in [-0.2, 0) is 14.8 Å². The summed E-state index contributed by atoms with van der Waals surface area (Å²) in [7, 11) is -3.65. The first-order valence-electron chi connectivity index (χ1n) is 6.31. The second kappa shape index (κ2) is 5.83. The van der Waals surface area contributed by atoms with E-state index in [9.17, 15) is 13.2 Å². The summed E-state index contributed by atoms with van der Waals surface area (Å²) < 4.78 is 27.0. The highest BCUT2D eigenvalue weighted by atomic mass is 79.9. The van der Waals surface area contributed by atoms with Crippen LogP contribution in [0.15, 0.2) is 27.6 Å². The van der Waals surface area contributed by atoms with Gasteiger partial charge in [-0.25, -0.2) is 8.42 Å². The number of halogens is 1. The first-order valence-corrected chi connectivity index (χ1v) is 8.55. The van der Waals surface area contributed by atoms with E-state index in [1.807, 2.05) is 6.92 Å². The molecule has 1 aromatic carbocycles. The number of sulfonamides is 1. The number of benzene rings is 1. The van der Waals surface area contributed by atoms with E-state index >= 15 is 0 Å². The molecular weight excluding hydrogens is 346 g/mol. The lowest BCUT2D eigenvalue weighted by molar-refractivity contribution is -0.142. The summed E-state index contributed by atoms with van der Waals surface area (Å²) in [5.74, 6) is -1.56. The second-order valence-electron chi connectivity index (χ2n) is 4.97. The minimum atomic E-state index is -3.65. The van der Waals surface area contributed by atoms with Crippen LogP contribution in [0.3, 0.4) is 0 Å². The van der Waals surface area contributed by atoms with Crippen LogP contribution < -0.4 is 0 Å². The number of nitrogens with zero attached hydrogens (tertiary/aromatic N) is 1. The van der Waals surface area contributed by atoms with Crippen molar-refractivity contribution >= 4 is 31.9 Å². The average molecular weight is 362 g/mol. The predicted molar refractivity (Wildman–Crippen MR) is 78.0 cm³/mol. The van der Waals surface area contributed by atoms with Crippen molar-refractivity contribution in [2.75, 3.05) is 13.1 Å². The van der Waals surface area contributed by atoms with E-state index in [2.05, 4.69) is 15.9 Å². The van der Waals surface area contributed by atoms with Crippen LogP contribution in [0.1, 0.15) is 18.4 Å². The molecule has 0 aliphatic carbocycles. The summed E-state index contributed by atoms with van der Waals surface area (Å²) in [6.07, 6.45) is 1.09. The molecule has 7 heteroatoms. The first-order chi connectivity index (χ1) is 9.32. The summed E-state index contributed by atoms with van der Waals surface area (Å²) in [4.78, 5) is 11.2. The quantitative estimate of drug-likeness (QED) is 0.895. The van der Waals surface area contributed by atoms with Crippen molar-refractivity contribution < 1.29 is 18.3 Å². The molecule has 1 saturated heterocycles. The number of hydrogen-bond acceptors (Lipinski definition) is 3. The van der Waals surface area contributed by atoms with Gasteiger partial charge in [-0.05, 0) is 53.4 Å². The van der Waals surface area contributed by atoms with E-state index in [0.717, 1.165) is 5.56 Å². The van der Waals surface area contributed by atoms with Crippen molar-refractivity contribution in [3.8, 4) is 0 Å². The third-order valence-corrected chi connectivity index (χ3v) is 6.28. The Morgan fingerprint density at radius 1 is 1.45 bits per heavy atom. The topological polar surface area (TPSA) is 74.7 Å². The zero-order chi connectivity index (χ0) is 14.9. The maximum atomic E-state index is 12.6. The van der Waals surface area contributed by atoms with Crippen LogP contribution in [0.5, 0.6) is 0 Å². The SMILES string of the molecule is Cc1ccc(S(=O)(=O)N2CCCC(C(=O)O)C2)c(Br)c1. The molecule has 0 saturated carbocycles. The number of piperidine rings is 1. The molecule has 110 valence electrons. The summed E-state index contributed by atoms with van der Waals surface area (Å²) in [6, 6.07) is 5.03. The molecule has 1 atom stereocenters. The van der Waals surface area contributed by atoms with Gasteiger partial charge in [-0.15, -0.1) is 0 Å². The molecule has 0 amide bonds. The average Bonchev–Trinajstić information content (AvgIpc) is 2.38. The molecule has 0 radical (unpaired) electrons. The molecule has 1 unspecified atom stereocenters. The number of aliphatic carboxylic acids is 1. The minimum Gasteiger partial charge on any atom is -0.481 e. The molecule has 2 rings (SSSR count). The van der Waals surface area contributed by atoms with E-state index in [1.165, 1.54) is 4.31 Å². The van der Waals surface area contributed by atoms with Crippen LogP contribution in [0.2, 0.25) is 0 Å². The monoisotopic (exact) mass is 361 g/mol. The highest BCUT2D eigenvalue weighted by Gasteiger charge is 2.34. The van der Waals surface area contributed by atoms with E-state index in [-0.39, 0.29) is 11.4 Å². The molecule has 0 aromatic heterocycles. The smallest absolute Gasteiger partial charge is 0.307 e. The van der Waals surface area contributed by atoms with E-state index in [4.69, 9.17) is 5.11 Å². The molecular formula is C13H16BrNO4S. The fourth-order valence-electron chi connectivity index (χ4n) is 2.32. The minimum absolute atomic E-state index is 0.0397. The lowest BCUT2D eigenvalue weighted by Gasteiger charge is -2.30. The number of aryl methyl sites for hydroxylation is 1. The Labute approximate surface area is 126 Å². The maximum absolute atomic E-state index is 12.6. The molecule has 5 nitrogen and oxygen atoms in total. The molecule has 1 heterocycles. The Morgan fingerprint density at radius 2 is 2.15 bits per heavy atom. The predicted octanol–water partition coefficient (Wildman–Crippen LogP) is 2.24.